The van der Waals surface area contributed by atoms with Crippen LogP contribution < -0.4 is 11.3 Å². The van der Waals surface area contributed by atoms with Gasteiger partial charge in [0.25, 0.3) is 5.56 Å². The van der Waals surface area contributed by atoms with Crippen molar-refractivity contribution in [2.45, 2.75) is 45.1 Å². The fraction of sp³-hybridized carbons (Fsp3) is 0.562. The number of primary amides is 1. The van der Waals surface area contributed by atoms with Crippen molar-refractivity contribution < 1.29 is 9.53 Å². The van der Waals surface area contributed by atoms with E-state index >= 15 is 0 Å². The third-order valence-corrected chi connectivity index (χ3v) is 5.61. The van der Waals surface area contributed by atoms with E-state index in [0.29, 0.717) is 24.2 Å². The molecule has 0 fully saturated rings. The molecule has 23 heavy (non-hydrogen) atoms. The van der Waals surface area contributed by atoms with Crippen molar-refractivity contribution in [1.82, 2.24) is 9.55 Å². The second kappa shape index (κ2) is 6.41. The van der Waals surface area contributed by atoms with E-state index in [-0.39, 0.29) is 5.56 Å². The van der Waals surface area contributed by atoms with Crippen LogP contribution in [0.5, 0.6) is 0 Å². The number of hydrogen-bond acceptors (Lipinski definition) is 5. The van der Waals surface area contributed by atoms with Crippen LogP contribution in [-0.4, -0.2) is 29.2 Å². The topological polar surface area (TPSA) is 87.2 Å². The van der Waals surface area contributed by atoms with Crippen molar-refractivity contribution >= 4 is 27.5 Å². The van der Waals surface area contributed by atoms with Crippen LogP contribution in [0.3, 0.4) is 0 Å². The molecular weight excluding hydrogens is 314 g/mol. The van der Waals surface area contributed by atoms with Crippen LogP contribution in [-0.2, 0) is 28.8 Å². The first-order chi connectivity index (χ1) is 11.0. The summed E-state index contributed by atoms with van der Waals surface area (Å²) in [6.45, 7) is 2.08. The molecule has 2 aromatic heterocycles. The Morgan fingerprint density at radius 2 is 2.17 bits per heavy atom. The van der Waals surface area contributed by atoms with Crippen molar-refractivity contribution in [1.29, 1.82) is 0 Å². The highest BCUT2D eigenvalue weighted by Gasteiger charge is 2.25. The maximum Gasteiger partial charge on any atom is 0.263 e. The molecule has 2 N–H and O–H groups in total. The van der Waals surface area contributed by atoms with Crippen molar-refractivity contribution in [3.63, 3.8) is 0 Å². The summed E-state index contributed by atoms with van der Waals surface area (Å²) in [6.07, 6.45) is 4.64. The minimum absolute atomic E-state index is 0.146. The van der Waals surface area contributed by atoms with Crippen molar-refractivity contribution in [3.05, 3.63) is 26.6 Å². The van der Waals surface area contributed by atoms with Gasteiger partial charge in [-0.3, -0.25) is 14.2 Å². The van der Waals surface area contributed by atoms with E-state index in [1.165, 1.54) is 9.44 Å². The molecule has 0 spiro atoms. The Morgan fingerprint density at radius 1 is 1.43 bits per heavy atom. The van der Waals surface area contributed by atoms with Crippen LogP contribution in [0, 0.1) is 0 Å². The molecule has 3 rings (SSSR count). The molecule has 2 aromatic rings. The van der Waals surface area contributed by atoms with E-state index < -0.39 is 11.9 Å². The van der Waals surface area contributed by atoms with Crippen LogP contribution in [0.1, 0.15) is 42.1 Å². The monoisotopic (exact) mass is 335 g/mol. The number of thiophene rings is 1. The Kier molecular flexibility index (Phi) is 4.50. The number of methoxy groups -OCH3 is 1. The molecule has 1 aliphatic rings. The van der Waals surface area contributed by atoms with E-state index in [1.807, 2.05) is 0 Å². The molecule has 124 valence electrons. The van der Waals surface area contributed by atoms with E-state index in [9.17, 15) is 9.59 Å². The summed E-state index contributed by atoms with van der Waals surface area (Å²) in [7, 11) is 1.60. The number of carbonyl (C=O) groups excluding carboxylic acids is 1. The second-order valence-electron chi connectivity index (χ2n) is 5.92. The molecule has 0 saturated heterocycles. The lowest BCUT2D eigenvalue weighted by molar-refractivity contribution is -0.120. The number of fused-ring (bicyclic) bond motifs is 3. The van der Waals surface area contributed by atoms with Crippen LogP contribution in [0.4, 0.5) is 0 Å². The summed E-state index contributed by atoms with van der Waals surface area (Å²) in [5, 5.41) is 0.680. The zero-order valence-corrected chi connectivity index (χ0v) is 14.2. The van der Waals surface area contributed by atoms with Gasteiger partial charge in [0.15, 0.2) is 0 Å². The average Bonchev–Trinajstić information content (AvgIpc) is 2.90. The van der Waals surface area contributed by atoms with Crippen molar-refractivity contribution in [3.8, 4) is 0 Å². The third kappa shape index (κ3) is 2.79. The Morgan fingerprint density at radius 3 is 2.87 bits per heavy atom. The summed E-state index contributed by atoms with van der Waals surface area (Å²) in [5.41, 5.74) is 6.41. The largest absolute Gasteiger partial charge is 0.384 e. The molecule has 1 unspecified atom stereocenters. The molecule has 0 aromatic carbocycles. The summed E-state index contributed by atoms with van der Waals surface area (Å²) in [4.78, 5) is 31.4. The Hall–Kier alpha value is -1.73. The zero-order valence-electron chi connectivity index (χ0n) is 13.4. The summed E-state index contributed by atoms with van der Waals surface area (Å²) < 4.78 is 6.56. The molecule has 2 heterocycles. The number of carbonyl (C=O) groups is 1. The first-order valence-electron chi connectivity index (χ1n) is 7.88. The molecule has 1 amide bonds. The normalized spacial score (nSPS) is 15.6. The van der Waals surface area contributed by atoms with Crippen LogP contribution >= 0.6 is 11.3 Å². The molecule has 6 nitrogen and oxygen atoms in total. The number of aryl methyl sites for hydroxylation is 2. The van der Waals surface area contributed by atoms with E-state index in [2.05, 4.69) is 4.98 Å². The van der Waals surface area contributed by atoms with Gasteiger partial charge in [0.05, 0.1) is 12.0 Å². The zero-order chi connectivity index (χ0) is 16.6. The number of nitrogens with two attached hydrogens (primary N) is 1. The standard InChI is InChI=1S/C16H21N3O3S/c1-9(14(17)20)19-12(7-8-22-2)18-15-13(16(19)21)10-5-3-4-6-11(10)23-15/h9H,3-8H2,1-2H3,(H2,17,20). The lowest BCUT2D eigenvalue weighted by atomic mass is 9.97. The molecule has 0 aliphatic heterocycles. The molecule has 7 heteroatoms. The van der Waals surface area contributed by atoms with Gasteiger partial charge in [-0.2, -0.15) is 0 Å². The van der Waals surface area contributed by atoms with Gasteiger partial charge in [-0.25, -0.2) is 4.98 Å². The van der Waals surface area contributed by atoms with Gasteiger partial charge in [-0.05, 0) is 38.2 Å². The van der Waals surface area contributed by atoms with Gasteiger partial charge in [-0.1, -0.05) is 0 Å². The van der Waals surface area contributed by atoms with E-state index in [4.69, 9.17) is 10.5 Å². The SMILES string of the molecule is COCCc1nc2sc3c(c2c(=O)n1C(C)C(N)=O)CCCC3. The third-order valence-electron chi connectivity index (χ3n) is 4.42. The fourth-order valence-corrected chi connectivity index (χ4v) is 4.43. The molecular formula is C16H21N3O3S. The summed E-state index contributed by atoms with van der Waals surface area (Å²) in [5.74, 6) is 0.0326. The molecule has 0 bridgehead atoms. The first kappa shape index (κ1) is 16.1. The van der Waals surface area contributed by atoms with Crippen LogP contribution in [0.15, 0.2) is 4.79 Å². The van der Waals surface area contributed by atoms with Crippen LogP contribution in [0.2, 0.25) is 0 Å². The molecule has 1 atom stereocenters. The number of rotatable bonds is 5. The van der Waals surface area contributed by atoms with Gasteiger partial charge in [0.2, 0.25) is 5.91 Å². The number of aromatic nitrogens is 2. The highest BCUT2D eigenvalue weighted by molar-refractivity contribution is 7.18. The Balaban J connectivity index is 2.26. The average molecular weight is 335 g/mol. The van der Waals surface area contributed by atoms with Gasteiger partial charge in [-0.15, -0.1) is 11.3 Å². The minimum atomic E-state index is -0.717. The molecule has 0 radical (unpaired) electrons. The van der Waals surface area contributed by atoms with Gasteiger partial charge < -0.3 is 10.5 Å². The van der Waals surface area contributed by atoms with Gasteiger partial charge in [0, 0.05) is 18.4 Å². The lowest BCUT2D eigenvalue weighted by Crippen LogP contribution is -2.35. The highest BCUT2D eigenvalue weighted by atomic mass is 32.1. The van der Waals surface area contributed by atoms with Gasteiger partial charge in [0.1, 0.15) is 16.7 Å². The predicted molar refractivity (Wildman–Crippen MR) is 90.0 cm³/mol. The first-order valence-corrected chi connectivity index (χ1v) is 8.70. The highest BCUT2D eigenvalue weighted by Crippen LogP contribution is 2.34. The fourth-order valence-electron chi connectivity index (χ4n) is 3.16. The van der Waals surface area contributed by atoms with E-state index in [1.54, 1.807) is 25.4 Å². The number of ether oxygens (including phenoxy) is 1. The minimum Gasteiger partial charge on any atom is -0.384 e. The van der Waals surface area contributed by atoms with Crippen molar-refractivity contribution in [2.24, 2.45) is 5.73 Å². The number of amides is 1. The second-order valence-corrected chi connectivity index (χ2v) is 7.00. The molecule has 1 aliphatic carbocycles. The number of nitrogens with zero attached hydrogens (tertiary/aromatic N) is 2. The molecule has 0 saturated carbocycles. The van der Waals surface area contributed by atoms with E-state index in [0.717, 1.165) is 36.1 Å². The summed E-state index contributed by atoms with van der Waals surface area (Å²) >= 11 is 1.61. The summed E-state index contributed by atoms with van der Waals surface area (Å²) in [6, 6.07) is -0.717. The lowest BCUT2D eigenvalue weighted by Gasteiger charge is -2.17. The van der Waals surface area contributed by atoms with Gasteiger partial charge >= 0.3 is 0 Å². The Bertz CT molecular complexity index is 809. The maximum atomic E-state index is 13.1. The quantitative estimate of drug-likeness (QED) is 0.898. The Labute approximate surface area is 138 Å². The maximum absolute atomic E-state index is 13.1. The smallest absolute Gasteiger partial charge is 0.263 e. The number of hydrogen-bond donors (Lipinski definition) is 1. The van der Waals surface area contributed by atoms with Crippen LogP contribution in [0.25, 0.3) is 10.2 Å². The van der Waals surface area contributed by atoms with Crippen molar-refractivity contribution in [2.75, 3.05) is 13.7 Å². The predicted octanol–water partition coefficient (Wildman–Crippen LogP) is 1.57.